The summed E-state index contributed by atoms with van der Waals surface area (Å²) in [5.41, 5.74) is -2.90. The molecule has 1 unspecified atom stereocenters. The van der Waals surface area contributed by atoms with Crippen LogP contribution in [0, 0.1) is 0 Å². The molecule has 1 aromatic rings. The Balaban J connectivity index is 2.65. The number of methoxy groups -OCH3 is 1. The lowest BCUT2D eigenvalue weighted by Crippen LogP contribution is -2.20. The molecular weight excluding hydrogens is 232 g/mol. The highest BCUT2D eigenvalue weighted by Gasteiger charge is 2.40. The molecule has 0 saturated heterocycles. The SMILES string of the molecule is COc1ccc(SC(F)C(F)(F)F)cc1. The van der Waals surface area contributed by atoms with Crippen LogP contribution in [0.5, 0.6) is 5.75 Å². The largest absolute Gasteiger partial charge is 0.497 e. The summed E-state index contributed by atoms with van der Waals surface area (Å²) in [6.45, 7) is 0. The predicted molar refractivity (Wildman–Crippen MR) is 49.8 cm³/mol. The molecule has 1 aromatic carbocycles. The molecule has 0 heterocycles. The molecular formula is C9H8F4OS. The van der Waals surface area contributed by atoms with E-state index in [-0.39, 0.29) is 16.7 Å². The predicted octanol–water partition coefficient (Wildman–Crippen LogP) is 3.65. The second kappa shape index (κ2) is 4.74. The Bertz CT molecular complexity index is 309. The molecule has 0 aliphatic rings. The molecule has 1 rings (SSSR count). The fraction of sp³-hybridized carbons (Fsp3) is 0.333. The molecule has 6 heteroatoms. The lowest BCUT2D eigenvalue weighted by molar-refractivity contribution is -0.154. The van der Waals surface area contributed by atoms with Crippen LogP contribution in [0.2, 0.25) is 0 Å². The van der Waals surface area contributed by atoms with Crippen LogP contribution in [-0.4, -0.2) is 18.8 Å². The van der Waals surface area contributed by atoms with Crippen molar-refractivity contribution in [2.45, 2.75) is 16.6 Å². The first kappa shape index (κ1) is 12.2. The summed E-state index contributed by atoms with van der Waals surface area (Å²) >= 11 is 0.122. The normalized spacial score (nSPS) is 13.7. The molecule has 0 bridgehead atoms. The molecule has 0 spiro atoms. The summed E-state index contributed by atoms with van der Waals surface area (Å²) < 4.78 is 53.0. The Morgan fingerprint density at radius 3 is 2.13 bits per heavy atom. The van der Waals surface area contributed by atoms with Crippen molar-refractivity contribution in [2.24, 2.45) is 0 Å². The number of thioether (sulfide) groups is 1. The van der Waals surface area contributed by atoms with Crippen molar-refractivity contribution in [1.29, 1.82) is 0 Å². The molecule has 0 saturated carbocycles. The molecule has 0 amide bonds. The highest BCUT2D eigenvalue weighted by atomic mass is 32.2. The summed E-state index contributed by atoms with van der Waals surface area (Å²) in [5.74, 6) is 0.516. The first-order chi connectivity index (χ1) is 6.93. The van der Waals surface area contributed by atoms with E-state index in [0.29, 0.717) is 5.75 Å². The van der Waals surface area contributed by atoms with Gasteiger partial charge in [-0.05, 0) is 24.3 Å². The van der Waals surface area contributed by atoms with Gasteiger partial charge in [0.2, 0.25) is 5.50 Å². The summed E-state index contributed by atoms with van der Waals surface area (Å²) in [4.78, 5) is 0.209. The van der Waals surface area contributed by atoms with Crippen LogP contribution < -0.4 is 4.74 Å². The van der Waals surface area contributed by atoms with Gasteiger partial charge in [-0.25, -0.2) is 4.39 Å². The Labute approximate surface area is 88.4 Å². The number of hydrogen-bond acceptors (Lipinski definition) is 2. The van der Waals surface area contributed by atoms with E-state index in [1.165, 1.54) is 31.4 Å². The van der Waals surface area contributed by atoms with Crippen molar-refractivity contribution >= 4 is 11.8 Å². The molecule has 1 atom stereocenters. The van der Waals surface area contributed by atoms with Gasteiger partial charge < -0.3 is 4.74 Å². The van der Waals surface area contributed by atoms with Crippen LogP contribution in [-0.2, 0) is 0 Å². The molecule has 1 nitrogen and oxygen atoms in total. The van der Waals surface area contributed by atoms with Gasteiger partial charge in [0.15, 0.2) is 0 Å². The van der Waals surface area contributed by atoms with E-state index in [2.05, 4.69) is 0 Å². The Hall–Kier alpha value is -0.910. The fourth-order valence-corrected chi connectivity index (χ4v) is 1.51. The lowest BCUT2D eigenvalue weighted by Gasteiger charge is -2.11. The average Bonchev–Trinajstić information content (AvgIpc) is 2.17. The summed E-state index contributed by atoms with van der Waals surface area (Å²) in [6, 6.07) is 5.71. The maximum Gasteiger partial charge on any atom is 0.429 e. The number of alkyl halides is 4. The molecule has 84 valence electrons. The topological polar surface area (TPSA) is 9.23 Å². The molecule has 15 heavy (non-hydrogen) atoms. The fourth-order valence-electron chi connectivity index (χ4n) is 0.841. The number of rotatable bonds is 3. The number of halogens is 4. The van der Waals surface area contributed by atoms with Crippen molar-refractivity contribution in [3.05, 3.63) is 24.3 Å². The van der Waals surface area contributed by atoms with Crippen LogP contribution in [0.1, 0.15) is 0 Å². The van der Waals surface area contributed by atoms with Gasteiger partial charge in [0.05, 0.1) is 7.11 Å². The van der Waals surface area contributed by atoms with Crippen molar-refractivity contribution in [3.63, 3.8) is 0 Å². The third-order valence-electron chi connectivity index (χ3n) is 1.56. The highest BCUT2D eigenvalue weighted by molar-refractivity contribution is 7.99. The number of benzene rings is 1. The van der Waals surface area contributed by atoms with Crippen LogP contribution in [0.25, 0.3) is 0 Å². The molecule has 0 fully saturated rings. The molecule has 0 aliphatic heterocycles. The first-order valence-corrected chi connectivity index (χ1v) is 4.83. The lowest BCUT2D eigenvalue weighted by atomic mass is 10.3. The second-order valence-electron chi connectivity index (χ2n) is 2.65. The van der Waals surface area contributed by atoms with Gasteiger partial charge in [-0.3, -0.25) is 0 Å². The quantitative estimate of drug-likeness (QED) is 0.589. The van der Waals surface area contributed by atoms with E-state index >= 15 is 0 Å². The maximum atomic E-state index is 12.6. The van der Waals surface area contributed by atoms with Crippen LogP contribution in [0.15, 0.2) is 29.2 Å². The Kier molecular flexibility index (Phi) is 3.84. The van der Waals surface area contributed by atoms with E-state index < -0.39 is 11.7 Å². The van der Waals surface area contributed by atoms with E-state index in [0.717, 1.165) is 0 Å². The van der Waals surface area contributed by atoms with Crippen molar-refractivity contribution in [2.75, 3.05) is 7.11 Å². The zero-order valence-electron chi connectivity index (χ0n) is 7.72. The Morgan fingerprint density at radius 1 is 1.20 bits per heavy atom. The van der Waals surface area contributed by atoms with Crippen molar-refractivity contribution in [3.8, 4) is 5.75 Å². The van der Waals surface area contributed by atoms with Crippen LogP contribution >= 0.6 is 11.8 Å². The van der Waals surface area contributed by atoms with Gasteiger partial charge in [-0.1, -0.05) is 11.8 Å². The van der Waals surface area contributed by atoms with E-state index in [4.69, 9.17) is 4.74 Å². The van der Waals surface area contributed by atoms with Crippen molar-refractivity contribution in [1.82, 2.24) is 0 Å². The monoisotopic (exact) mass is 240 g/mol. The minimum absolute atomic E-state index is 0.122. The van der Waals surface area contributed by atoms with Gasteiger partial charge in [-0.2, -0.15) is 13.2 Å². The minimum atomic E-state index is -4.83. The van der Waals surface area contributed by atoms with Gasteiger partial charge in [-0.15, -0.1) is 0 Å². The standard InChI is InChI=1S/C9H8F4OS/c1-14-6-2-4-7(5-3-6)15-8(10)9(11,12)13/h2-5,8H,1H3. The zero-order valence-corrected chi connectivity index (χ0v) is 8.53. The van der Waals surface area contributed by atoms with Gasteiger partial charge in [0.25, 0.3) is 0 Å². The second-order valence-corrected chi connectivity index (χ2v) is 3.77. The average molecular weight is 240 g/mol. The molecule has 0 N–H and O–H groups in total. The third-order valence-corrected chi connectivity index (χ3v) is 2.57. The van der Waals surface area contributed by atoms with Gasteiger partial charge in [0, 0.05) is 4.90 Å². The van der Waals surface area contributed by atoms with Gasteiger partial charge >= 0.3 is 6.18 Å². The smallest absolute Gasteiger partial charge is 0.429 e. The summed E-state index contributed by atoms with van der Waals surface area (Å²) in [5, 5.41) is 0. The van der Waals surface area contributed by atoms with E-state index in [1.54, 1.807) is 0 Å². The summed E-state index contributed by atoms with van der Waals surface area (Å²) in [7, 11) is 1.44. The van der Waals surface area contributed by atoms with E-state index in [1.807, 2.05) is 0 Å². The number of ether oxygens (including phenoxy) is 1. The third kappa shape index (κ3) is 3.62. The minimum Gasteiger partial charge on any atom is -0.497 e. The maximum absolute atomic E-state index is 12.6. The molecule has 0 aliphatic carbocycles. The first-order valence-electron chi connectivity index (χ1n) is 3.95. The van der Waals surface area contributed by atoms with Crippen LogP contribution in [0.4, 0.5) is 17.6 Å². The number of hydrogen-bond donors (Lipinski definition) is 0. The zero-order chi connectivity index (χ0) is 11.5. The van der Waals surface area contributed by atoms with E-state index in [9.17, 15) is 17.6 Å². The molecule has 0 aromatic heterocycles. The highest BCUT2D eigenvalue weighted by Crippen LogP contribution is 2.36. The summed E-state index contributed by atoms with van der Waals surface area (Å²) in [6.07, 6.45) is -4.83. The Morgan fingerprint density at radius 2 is 1.73 bits per heavy atom. The van der Waals surface area contributed by atoms with Crippen molar-refractivity contribution < 1.29 is 22.3 Å². The molecule has 0 radical (unpaired) electrons. The van der Waals surface area contributed by atoms with Gasteiger partial charge in [0.1, 0.15) is 5.75 Å². The van der Waals surface area contributed by atoms with Crippen LogP contribution in [0.3, 0.4) is 0 Å².